The van der Waals surface area contributed by atoms with Crippen molar-refractivity contribution >= 4 is 57.3 Å². The molecule has 10 heteroatoms. The summed E-state index contributed by atoms with van der Waals surface area (Å²) in [5.41, 5.74) is 7.19. The first-order chi connectivity index (χ1) is 13.3. The first kappa shape index (κ1) is 19.4. The quantitative estimate of drug-likeness (QED) is 0.750. The molecule has 1 aromatic heterocycles. The van der Waals surface area contributed by atoms with Gasteiger partial charge in [0.15, 0.2) is 5.13 Å². The number of nitrogens with two attached hydrogens (primary N) is 1. The van der Waals surface area contributed by atoms with Gasteiger partial charge in [0, 0.05) is 35.8 Å². The van der Waals surface area contributed by atoms with E-state index in [1.54, 1.807) is 22.8 Å². The van der Waals surface area contributed by atoms with Crippen LogP contribution < -0.4 is 16.0 Å². The van der Waals surface area contributed by atoms with E-state index in [2.05, 4.69) is 10.3 Å². The second-order valence-electron chi connectivity index (χ2n) is 7.23. The Balaban J connectivity index is 1.63. The maximum absolute atomic E-state index is 12.9. The Morgan fingerprint density at radius 2 is 2.14 bits per heavy atom. The molecule has 1 saturated heterocycles. The predicted molar refractivity (Wildman–Crippen MR) is 111 cm³/mol. The molecule has 1 aromatic carbocycles. The number of aromatic nitrogens is 1. The molecular formula is C18H19Cl2N5O2S. The number of anilines is 2. The topological polar surface area (TPSA) is 91.6 Å². The molecule has 2 aliphatic heterocycles. The average Bonchev–Trinajstić information content (AvgIpc) is 3.34. The number of likely N-dealkylation sites (tertiary alicyclic amines) is 1. The highest BCUT2D eigenvalue weighted by molar-refractivity contribution is 7.19. The van der Waals surface area contributed by atoms with Crippen LogP contribution in [0.4, 0.5) is 15.6 Å². The Labute approximate surface area is 176 Å². The number of hydrogen-bond acceptors (Lipinski definition) is 5. The summed E-state index contributed by atoms with van der Waals surface area (Å²) in [6.45, 7) is 3.25. The largest absolute Gasteiger partial charge is 0.340 e. The van der Waals surface area contributed by atoms with Crippen LogP contribution in [0.25, 0.3) is 0 Å². The van der Waals surface area contributed by atoms with Crippen LogP contribution in [0.5, 0.6) is 0 Å². The molecular weight excluding hydrogens is 421 g/mol. The Morgan fingerprint density at radius 1 is 1.36 bits per heavy atom. The highest BCUT2D eigenvalue weighted by Gasteiger charge is 2.50. The average molecular weight is 440 g/mol. The summed E-state index contributed by atoms with van der Waals surface area (Å²) in [6, 6.07) is 4.66. The Kier molecular flexibility index (Phi) is 4.99. The lowest BCUT2D eigenvalue weighted by Gasteiger charge is -2.26. The molecule has 4 rings (SSSR count). The number of fused-ring (bicyclic) bond motifs is 2. The Hall–Kier alpha value is -1.87. The molecule has 7 nitrogen and oxygen atoms in total. The maximum atomic E-state index is 12.9. The number of nitrogens with zero attached hydrogens (tertiary/aromatic N) is 3. The first-order valence-corrected chi connectivity index (χ1v) is 10.4. The van der Waals surface area contributed by atoms with Crippen LogP contribution in [0.1, 0.15) is 18.9 Å². The number of amides is 3. The molecule has 3 heterocycles. The van der Waals surface area contributed by atoms with E-state index in [0.29, 0.717) is 34.1 Å². The molecule has 3 amide bonds. The molecule has 3 N–H and O–H groups in total. The second kappa shape index (κ2) is 7.18. The molecule has 0 bridgehead atoms. The number of hydrogen-bond donors (Lipinski definition) is 2. The van der Waals surface area contributed by atoms with Crippen molar-refractivity contribution in [2.45, 2.75) is 24.8 Å². The fourth-order valence-corrected chi connectivity index (χ4v) is 4.97. The van der Waals surface area contributed by atoms with Crippen molar-refractivity contribution in [3.8, 4) is 0 Å². The number of rotatable bonds is 2. The molecule has 2 aromatic rings. The number of benzene rings is 1. The normalized spacial score (nSPS) is 21.9. The van der Waals surface area contributed by atoms with E-state index >= 15 is 0 Å². The van der Waals surface area contributed by atoms with Crippen molar-refractivity contribution in [2.24, 2.45) is 5.73 Å². The molecule has 2 atom stereocenters. The van der Waals surface area contributed by atoms with Crippen molar-refractivity contribution in [1.29, 1.82) is 0 Å². The third-order valence-electron chi connectivity index (χ3n) is 5.27. The van der Waals surface area contributed by atoms with E-state index in [9.17, 15) is 9.59 Å². The summed E-state index contributed by atoms with van der Waals surface area (Å²) >= 11 is 13.3. The number of nitrogens with one attached hydrogen (secondary N) is 1. The van der Waals surface area contributed by atoms with Gasteiger partial charge in [-0.3, -0.25) is 15.0 Å². The van der Waals surface area contributed by atoms with E-state index in [0.717, 1.165) is 17.7 Å². The van der Waals surface area contributed by atoms with Gasteiger partial charge in [-0.1, -0.05) is 34.5 Å². The highest BCUT2D eigenvalue weighted by atomic mass is 35.5. The van der Waals surface area contributed by atoms with Crippen LogP contribution >= 0.6 is 34.5 Å². The summed E-state index contributed by atoms with van der Waals surface area (Å²) in [6.07, 6.45) is 2.24. The zero-order valence-corrected chi connectivity index (χ0v) is 17.4. The molecule has 2 aliphatic rings. The van der Waals surface area contributed by atoms with Crippen LogP contribution in [0.3, 0.4) is 0 Å². The molecule has 28 heavy (non-hydrogen) atoms. The fraction of sp³-hybridized carbons (Fsp3) is 0.389. The van der Waals surface area contributed by atoms with Crippen LogP contribution in [0.2, 0.25) is 9.36 Å². The minimum Gasteiger partial charge on any atom is -0.340 e. The minimum atomic E-state index is -0.551. The van der Waals surface area contributed by atoms with Gasteiger partial charge in [-0.2, -0.15) is 0 Å². The number of carbonyl (C=O) groups is 2. The zero-order valence-electron chi connectivity index (χ0n) is 15.1. The van der Waals surface area contributed by atoms with Gasteiger partial charge in [-0.15, -0.1) is 0 Å². The molecule has 1 spiro atoms. The van der Waals surface area contributed by atoms with Crippen molar-refractivity contribution in [3.05, 3.63) is 39.3 Å². The number of halogens is 2. The lowest BCUT2D eigenvalue weighted by atomic mass is 9.81. The molecule has 1 fully saturated rings. The maximum Gasteiger partial charge on any atom is 0.328 e. The van der Waals surface area contributed by atoms with Crippen LogP contribution in [0.15, 0.2) is 24.4 Å². The summed E-state index contributed by atoms with van der Waals surface area (Å²) in [5.74, 6) is -0.0826. The van der Waals surface area contributed by atoms with Crippen LogP contribution in [-0.4, -0.2) is 47.5 Å². The fourth-order valence-electron chi connectivity index (χ4n) is 3.99. The van der Waals surface area contributed by atoms with Crippen molar-refractivity contribution in [3.63, 3.8) is 0 Å². The zero-order chi connectivity index (χ0) is 20.1. The lowest BCUT2D eigenvalue weighted by molar-refractivity contribution is -0.131. The molecule has 148 valence electrons. The summed E-state index contributed by atoms with van der Waals surface area (Å²) in [4.78, 5) is 32.9. The summed E-state index contributed by atoms with van der Waals surface area (Å²) in [5, 5.41) is 3.83. The summed E-state index contributed by atoms with van der Waals surface area (Å²) < 4.78 is 0.501. The number of carbonyl (C=O) groups excluding carboxylic acids is 2. The van der Waals surface area contributed by atoms with Gasteiger partial charge in [-0.05, 0) is 37.1 Å². The highest BCUT2D eigenvalue weighted by Crippen LogP contribution is 2.47. The third-order valence-corrected chi connectivity index (χ3v) is 6.54. The monoisotopic (exact) mass is 439 g/mol. The molecule has 0 saturated carbocycles. The third kappa shape index (κ3) is 3.34. The van der Waals surface area contributed by atoms with Gasteiger partial charge in [0.05, 0.1) is 12.2 Å². The van der Waals surface area contributed by atoms with E-state index < -0.39 is 6.04 Å². The number of urea groups is 1. The number of thiazole rings is 1. The van der Waals surface area contributed by atoms with Crippen LogP contribution in [0, 0.1) is 0 Å². The standard InChI is InChI=1S/C18H19Cl2N5O2S/c1-10(21)15(26)24-5-4-18(8-24)9-25(13-3-2-11(19)6-12(13)18)17(27)23-16-22-7-14(20)28-16/h2-3,6-7,10H,4-5,8-9,21H2,1H3,(H,22,23,27). The van der Waals surface area contributed by atoms with Crippen molar-refractivity contribution in [2.75, 3.05) is 29.9 Å². The summed E-state index contributed by atoms with van der Waals surface area (Å²) in [7, 11) is 0. The van der Waals surface area contributed by atoms with Crippen LogP contribution in [-0.2, 0) is 10.2 Å². The Bertz CT molecular complexity index is 950. The van der Waals surface area contributed by atoms with Gasteiger partial charge in [0.2, 0.25) is 5.91 Å². The van der Waals surface area contributed by atoms with Gasteiger partial charge in [0.1, 0.15) is 4.34 Å². The lowest BCUT2D eigenvalue weighted by Crippen LogP contribution is -2.44. The van der Waals surface area contributed by atoms with Gasteiger partial charge >= 0.3 is 6.03 Å². The van der Waals surface area contributed by atoms with E-state index in [1.165, 1.54) is 17.5 Å². The van der Waals surface area contributed by atoms with Gasteiger partial charge < -0.3 is 10.6 Å². The molecule has 2 unspecified atom stereocenters. The molecule has 0 radical (unpaired) electrons. The smallest absolute Gasteiger partial charge is 0.328 e. The SMILES string of the molecule is CC(N)C(=O)N1CCC2(C1)CN(C(=O)Nc1ncc(Cl)s1)c1ccc(Cl)cc12. The van der Waals surface area contributed by atoms with E-state index in [-0.39, 0.29) is 17.4 Å². The predicted octanol–water partition coefficient (Wildman–Crippen LogP) is 3.32. The van der Waals surface area contributed by atoms with E-state index in [1.807, 2.05) is 12.1 Å². The van der Waals surface area contributed by atoms with E-state index in [4.69, 9.17) is 28.9 Å². The first-order valence-electron chi connectivity index (χ1n) is 8.83. The van der Waals surface area contributed by atoms with Crippen molar-refractivity contribution in [1.82, 2.24) is 9.88 Å². The Morgan fingerprint density at radius 3 is 2.82 bits per heavy atom. The van der Waals surface area contributed by atoms with Gasteiger partial charge in [-0.25, -0.2) is 9.78 Å². The van der Waals surface area contributed by atoms with Crippen molar-refractivity contribution < 1.29 is 9.59 Å². The molecule has 0 aliphatic carbocycles. The second-order valence-corrected chi connectivity index (χ2v) is 9.32. The van der Waals surface area contributed by atoms with Gasteiger partial charge in [0.25, 0.3) is 0 Å². The minimum absolute atomic E-state index is 0.0826.